The number of hydrogen-bond donors (Lipinski definition) is 1. The van der Waals surface area contributed by atoms with Crippen molar-refractivity contribution in [2.24, 2.45) is 23.7 Å². The van der Waals surface area contributed by atoms with Crippen molar-refractivity contribution in [2.45, 2.75) is 25.0 Å². The van der Waals surface area contributed by atoms with Crippen molar-refractivity contribution < 1.29 is 14.3 Å². The highest BCUT2D eigenvalue weighted by atomic mass is 16.5. The topological polar surface area (TPSA) is 73.3 Å². The summed E-state index contributed by atoms with van der Waals surface area (Å²) in [6.45, 7) is 2.27. The summed E-state index contributed by atoms with van der Waals surface area (Å²) in [7, 11) is 1.57. The van der Waals surface area contributed by atoms with Crippen molar-refractivity contribution in [3.8, 4) is 5.88 Å². The van der Waals surface area contributed by atoms with Crippen LogP contribution in [0.1, 0.15) is 18.4 Å². The van der Waals surface area contributed by atoms with Gasteiger partial charge in [0.2, 0.25) is 11.8 Å². The zero-order valence-electron chi connectivity index (χ0n) is 14.7. The molecule has 3 aliphatic rings. The average Bonchev–Trinajstić information content (AvgIpc) is 3.04. The monoisotopic (exact) mass is 351 g/mol. The van der Waals surface area contributed by atoms with Gasteiger partial charge in [0.15, 0.2) is 0 Å². The van der Waals surface area contributed by atoms with Gasteiger partial charge in [0.25, 0.3) is 0 Å². The van der Waals surface area contributed by atoms with E-state index < -0.39 is 0 Å². The summed E-state index contributed by atoms with van der Waals surface area (Å²) < 4.78 is 11.3. The minimum Gasteiger partial charge on any atom is -0.481 e. The summed E-state index contributed by atoms with van der Waals surface area (Å²) in [5.41, 5.74) is 1.81. The Morgan fingerprint density at radius 3 is 2.62 bits per heavy atom. The fourth-order valence-electron chi connectivity index (χ4n) is 5.08. The number of nitrogens with one attached hydrogen (secondary N) is 1. The molecule has 134 valence electrons. The van der Waals surface area contributed by atoms with Crippen molar-refractivity contribution in [3.05, 3.63) is 48.4 Å². The van der Waals surface area contributed by atoms with Crippen LogP contribution >= 0.6 is 0 Å². The molecule has 1 aliphatic carbocycles. The molecule has 6 heteroatoms. The minimum atomic E-state index is -0.185. The van der Waals surface area contributed by atoms with Gasteiger partial charge < -0.3 is 14.8 Å². The van der Waals surface area contributed by atoms with Gasteiger partial charge in [0.1, 0.15) is 0 Å². The number of ether oxygens (including phenoxy) is 2. The Morgan fingerprint density at radius 1 is 1.15 bits per heavy atom. The van der Waals surface area contributed by atoms with Crippen molar-refractivity contribution in [2.75, 3.05) is 12.4 Å². The lowest BCUT2D eigenvalue weighted by Gasteiger charge is -2.27. The molecule has 2 aromatic heterocycles. The zero-order chi connectivity index (χ0) is 17.8. The minimum absolute atomic E-state index is 0.00355. The third-order valence-electron chi connectivity index (χ3n) is 6.29. The number of methoxy groups -OCH3 is 1. The second-order valence-electron chi connectivity index (χ2n) is 7.49. The number of carbonyl (C=O) groups excluding carboxylic acids is 1. The van der Waals surface area contributed by atoms with Crippen LogP contribution in [0.25, 0.3) is 0 Å². The smallest absolute Gasteiger partial charge is 0.230 e. The average molecular weight is 351 g/mol. The molecule has 0 spiro atoms. The predicted octanol–water partition coefficient (Wildman–Crippen LogP) is 2.49. The molecule has 1 N–H and O–H groups in total. The highest BCUT2D eigenvalue weighted by Crippen LogP contribution is 2.68. The molecule has 0 radical (unpaired) electrons. The number of carbonyl (C=O) groups is 1. The number of amides is 1. The third-order valence-corrected chi connectivity index (χ3v) is 6.29. The van der Waals surface area contributed by atoms with Gasteiger partial charge >= 0.3 is 0 Å². The zero-order valence-corrected chi connectivity index (χ0v) is 14.7. The van der Waals surface area contributed by atoms with Crippen LogP contribution in [0.4, 0.5) is 5.69 Å². The maximum Gasteiger partial charge on any atom is 0.230 e. The highest BCUT2D eigenvalue weighted by Gasteiger charge is 2.72. The molecule has 6 nitrogen and oxygen atoms in total. The molecule has 2 bridgehead atoms. The van der Waals surface area contributed by atoms with Gasteiger partial charge in [-0.05, 0) is 41.5 Å². The van der Waals surface area contributed by atoms with Crippen LogP contribution in [0, 0.1) is 23.7 Å². The number of nitrogens with zero attached hydrogens (tertiary/aromatic N) is 2. The van der Waals surface area contributed by atoms with E-state index in [1.54, 1.807) is 31.8 Å². The maximum atomic E-state index is 13.1. The van der Waals surface area contributed by atoms with E-state index in [0.717, 1.165) is 5.56 Å². The summed E-state index contributed by atoms with van der Waals surface area (Å²) in [6, 6.07) is 7.56. The Labute approximate surface area is 151 Å². The lowest BCUT2D eigenvalue weighted by Crippen LogP contribution is -2.37. The van der Waals surface area contributed by atoms with Crippen LogP contribution in [0.3, 0.4) is 0 Å². The van der Waals surface area contributed by atoms with Crippen LogP contribution in [0.15, 0.2) is 42.9 Å². The van der Waals surface area contributed by atoms with Gasteiger partial charge in [-0.1, -0.05) is 6.92 Å². The van der Waals surface area contributed by atoms with E-state index in [1.807, 2.05) is 18.2 Å². The first kappa shape index (κ1) is 15.8. The largest absolute Gasteiger partial charge is 0.481 e. The standard InChI is InChI=1S/C20H21N3O3/c1-10-14-15(10)19-17(16(18(14)26-19)11-5-7-21-8-6-11)20(24)23-12-3-4-13(25-2)22-9-12/h3-10,14-19H,1-2H3,(H,23,24)/t10?,14?,15?,16-,17-,18+,19-/m1/s1. The Morgan fingerprint density at radius 2 is 1.92 bits per heavy atom. The molecular weight excluding hydrogens is 330 g/mol. The molecule has 0 aromatic carbocycles. The predicted molar refractivity (Wildman–Crippen MR) is 94.7 cm³/mol. The molecule has 2 aliphatic heterocycles. The summed E-state index contributed by atoms with van der Waals surface area (Å²) >= 11 is 0. The molecular formula is C20H21N3O3. The van der Waals surface area contributed by atoms with E-state index in [9.17, 15) is 4.79 Å². The number of aromatic nitrogens is 2. The summed E-state index contributed by atoms with van der Waals surface area (Å²) in [4.78, 5) is 21.4. The van der Waals surface area contributed by atoms with Gasteiger partial charge in [0, 0.05) is 24.4 Å². The Balaban J connectivity index is 1.42. The first-order chi connectivity index (χ1) is 12.7. The fraction of sp³-hybridized carbons (Fsp3) is 0.450. The summed E-state index contributed by atoms with van der Waals surface area (Å²) in [6.07, 6.45) is 5.33. The molecule has 5 rings (SSSR count). The molecule has 2 aromatic rings. The van der Waals surface area contributed by atoms with Crippen molar-refractivity contribution in [1.82, 2.24) is 9.97 Å². The highest BCUT2D eigenvalue weighted by molar-refractivity contribution is 5.94. The van der Waals surface area contributed by atoms with Gasteiger partial charge in [-0.25, -0.2) is 4.98 Å². The third kappa shape index (κ3) is 2.25. The summed E-state index contributed by atoms with van der Waals surface area (Å²) in [5.74, 6) is 2.17. The van der Waals surface area contributed by atoms with E-state index >= 15 is 0 Å². The second-order valence-corrected chi connectivity index (χ2v) is 7.49. The van der Waals surface area contributed by atoms with Crippen molar-refractivity contribution in [3.63, 3.8) is 0 Å². The fourth-order valence-corrected chi connectivity index (χ4v) is 5.08. The lowest BCUT2D eigenvalue weighted by molar-refractivity contribution is -0.122. The molecule has 26 heavy (non-hydrogen) atoms. The van der Waals surface area contributed by atoms with E-state index in [1.165, 1.54) is 0 Å². The SMILES string of the molecule is COc1ccc(NC(=O)[C@@H]2[C@@H](c3ccncc3)[C@H]3O[C@@H]2C2C(C)C23)cn1. The Bertz CT molecular complexity index is 826. The van der Waals surface area contributed by atoms with Crippen LogP contribution in [0.5, 0.6) is 5.88 Å². The molecule has 4 heterocycles. The number of rotatable bonds is 4. The van der Waals surface area contributed by atoms with Gasteiger partial charge in [0.05, 0.1) is 37.1 Å². The van der Waals surface area contributed by atoms with E-state index in [4.69, 9.17) is 9.47 Å². The molecule has 3 unspecified atom stereocenters. The van der Waals surface area contributed by atoms with Crippen molar-refractivity contribution >= 4 is 11.6 Å². The first-order valence-electron chi connectivity index (χ1n) is 9.05. The second kappa shape index (κ2) is 5.77. The van der Waals surface area contributed by atoms with Crippen molar-refractivity contribution in [1.29, 1.82) is 0 Å². The number of pyridine rings is 2. The quantitative estimate of drug-likeness (QED) is 0.916. The molecule has 2 saturated heterocycles. The lowest BCUT2D eigenvalue weighted by atomic mass is 9.75. The van der Waals surface area contributed by atoms with Gasteiger partial charge in [-0.3, -0.25) is 9.78 Å². The Hall–Kier alpha value is -2.47. The number of fused-ring (bicyclic) bond motifs is 5. The van der Waals surface area contributed by atoms with Gasteiger partial charge in [-0.2, -0.15) is 0 Å². The molecule has 1 saturated carbocycles. The molecule has 3 fully saturated rings. The molecule has 1 amide bonds. The van der Waals surface area contributed by atoms with E-state index in [0.29, 0.717) is 29.3 Å². The van der Waals surface area contributed by atoms with E-state index in [2.05, 4.69) is 22.2 Å². The van der Waals surface area contributed by atoms with Crippen LogP contribution in [-0.2, 0) is 9.53 Å². The Kier molecular flexibility index (Phi) is 3.50. The normalized spacial score (nSPS) is 36.5. The first-order valence-corrected chi connectivity index (χ1v) is 9.05. The van der Waals surface area contributed by atoms with Crippen LogP contribution < -0.4 is 10.1 Å². The van der Waals surface area contributed by atoms with Crippen LogP contribution in [0.2, 0.25) is 0 Å². The number of hydrogen-bond acceptors (Lipinski definition) is 5. The van der Waals surface area contributed by atoms with Gasteiger partial charge in [-0.15, -0.1) is 0 Å². The number of anilines is 1. The van der Waals surface area contributed by atoms with Crippen LogP contribution in [-0.4, -0.2) is 35.2 Å². The summed E-state index contributed by atoms with van der Waals surface area (Å²) in [5, 5.41) is 3.02. The van der Waals surface area contributed by atoms with E-state index in [-0.39, 0.29) is 30.0 Å². The maximum absolute atomic E-state index is 13.1. The molecule has 7 atom stereocenters.